The zero-order chi connectivity index (χ0) is 12.6. The molecule has 0 saturated heterocycles. The van der Waals surface area contributed by atoms with E-state index in [2.05, 4.69) is 6.92 Å². The lowest BCUT2D eigenvalue weighted by atomic mass is 9.87. The summed E-state index contributed by atoms with van der Waals surface area (Å²) in [5, 5.41) is 10.7. The second kappa shape index (κ2) is 4.95. The molecule has 3 heteroatoms. The minimum Gasteiger partial charge on any atom is -0.388 e. The molecule has 0 spiro atoms. The Bertz CT molecular complexity index is 419. The number of hydrogen-bond acceptors (Lipinski definition) is 1. The van der Waals surface area contributed by atoms with Gasteiger partial charge in [-0.05, 0) is 48.4 Å². The molecule has 1 saturated carbocycles. The number of aliphatic hydroxyl groups excluding tert-OH is 1. The lowest BCUT2D eigenvalue weighted by Crippen LogP contribution is -2.15. The molecule has 2 rings (SSSR count). The Labute approximate surface area is 107 Å². The van der Waals surface area contributed by atoms with Crippen LogP contribution in [0.15, 0.2) is 12.1 Å². The minimum atomic E-state index is -0.570. The molecule has 0 aromatic heterocycles. The van der Waals surface area contributed by atoms with Crippen LogP contribution in [0.25, 0.3) is 0 Å². The van der Waals surface area contributed by atoms with E-state index in [9.17, 15) is 9.50 Å². The van der Waals surface area contributed by atoms with Gasteiger partial charge in [0.05, 0.1) is 6.10 Å². The standard InChI is InChI=1S/C14H18ClFO/c1-8-4-3-5-10(8)14(17)11-6-9(2)13(16)7-12(11)15/h6-8,10,14,17H,3-5H2,1-2H3. The van der Waals surface area contributed by atoms with Gasteiger partial charge in [-0.15, -0.1) is 0 Å². The third-order valence-electron chi connectivity index (χ3n) is 3.93. The van der Waals surface area contributed by atoms with Crippen molar-refractivity contribution >= 4 is 11.6 Å². The molecule has 1 aromatic rings. The van der Waals surface area contributed by atoms with E-state index in [4.69, 9.17) is 11.6 Å². The van der Waals surface area contributed by atoms with Crippen molar-refractivity contribution in [3.8, 4) is 0 Å². The lowest BCUT2D eigenvalue weighted by molar-refractivity contribution is 0.0900. The van der Waals surface area contributed by atoms with Crippen LogP contribution in [0, 0.1) is 24.6 Å². The number of aryl methyl sites for hydroxylation is 1. The molecule has 0 radical (unpaired) electrons. The van der Waals surface area contributed by atoms with Crippen molar-refractivity contribution in [1.29, 1.82) is 0 Å². The van der Waals surface area contributed by atoms with Crippen molar-refractivity contribution in [2.75, 3.05) is 0 Å². The quantitative estimate of drug-likeness (QED) is 0.838. The van der Waals surface area contributed by atoms with Gasteiger partial charge in [-0.2, -0.15) is 0 Å². The van der Waals surface area contributed by atoms with Crippen LogP contribution in [0.3, 0.4) is 0 Å². The van der Waals surface area contributed by atoms with Gasteiger partial charge in [0.2, 0.25) is 0 Å². The average Bonchev–Trinajstić information content (AvgIpc) is 2.69. The fourth-order valence-corrected chi connectivity index (χ4v) is 3.04. The van der Waals surface area contributed by atoms with E-state index in [1.54, 1.807) is 13.0 Å². The van der Waals surface area contributed by atoms with E-state index in [0.29, 0.717) is 22.1 Å². The Morgan fingerprint density at radius 2 is 2.12 bits per heavy atom. The summed E-state index contributed by atoms with van der Waals surface area (Å²) in [7, 11) is 0. The van der Waals surface area contributed by atoms with Gasteiger partial charge < -0.3 is 5.11 Å². The van der Waals surface area contributed by atoms with Crippen LogP contribution in [0.1, 0.15) is 43.4 Å². The summed E-state index contributed by atoms with van der Waals surface area (Å²) in [5.74, 6) is 0.439. The Balaban J connectivity index is 2.30. The molecule has 1 aromatic carbocycles. The van der Waals surface area contributed by atoms with Crippen LogP contribution < -0.4 is 0 Å². The summed E-state index contributed by atoms with van der Waals surface area (Å²) in [6.45, 7) is 3.85. The summed E-state index contributed by atoms with van der Waals surface area (Å²) < 4.78 is 13.3. The van der Waals surface area contributed by atoms with Crippen molar-refractivity contribution in [3.05, 3.63) is 34.1 Å². The first-order chi connectivity index (χ1) is 8.00. The van der Waals surface area contributed by atoms with Gasteiger partial charge in [0, 0.05) is 5.02 Å². The van der Waals surface area contributed by atoms with E-state index in [0.717, 1.165) is 19.3 Å². The van der Waals surface area contributed by atoms with Gasteiger partial charge in [0.1, 0.15) is 5.82 Å². The minimum absolute atomic E-state index is 0.248. The van der Waals surface area contributed by atoms with Gasteiger partial charge >= 0.3 is 0 Å². The molecule has 3 atom stereocenters. The molecule has 1 aliphatic rings. The van der Waals surface area contributed by atoms with E-state index in [1.165, 1.54) is 6.07 Å². The van der Waals surface area contributed by atoms with Gasteiger partial charge in [-0.3, -0.25) is 0 Å². The van der Waals surface area contributed by atoms with Crippen molar-refractivity contribution in [3.63, 3.8) is 0 Å². The van der Waals surface area contributed by atoms with Crippen molar-refractivity contribution in [2.45, 2.75) is 39.2 Å². The highest BCUT2D eigenvalue weighted by Gasteiger charge is 2.31. The Hall–Kier alpha value is -0.600. The molecule has 1 nitrogen and oxygen atoms in total. The third-order valence-corrected chi connectivity index (χ3v) is 4.26. The predicted molar refractivity (Wildman–Crippen MR) is 67.6 cm³/mol. The van der Waals surface area contributed by atoms with Crippen LogP contribution in [-0.4, -0.2) is 5.11 Å². The summed E-state index contributed by atoms with van der Waals surface area (Å²) in [6, 6.07) is 2.97. The van der Waals surface area contributed by atoms with Gasteiger partial charge in [-0.1, -0.05) is 31.4 Å². The van der Waals surface area contributed by atoms with E-state index in [-0.39, 0.29) is 11.7 Å². The highest BCUT2D eigenvalue weighted by atomic mass is 35.5. The Morgan fingerprint density at radius 1 is 1.41 bits per heavy atom. The van der Waals surface area contributed by atoms with E-state index >= 15 is 0 Å². The molecule has 0 heterocycles. The molecular weight excluding hydrogens is 239 g/mol. The molecule has 94 valence electrons. The van der Waals surface area contributed by atoms with Crippen LogP contribution in [0.5, 0.6) is 0 Å². The summed E-state index contributed by atoms with van der Waals surface area (Å²) in [4.78, 5) is 0. The van der Waals surface area contributed by atoms with Crippen LogP contribution in [0.4, 0.5) is 4.39 Å². The van der Waals surface area contributed by atoms with Crippen LogP contribution >= 0.6 is 11.6 Å². The number of benzene rings is 1. The largest absolute Gasteiger partial charge is 0.388 e. The SMILES string of the molecule is Cc1cc(C(O)C2CCCC2C)c(Cl)cc1F. The fraction of sp³-hybridized carbons (Fsp3) is 0.571. The van der Waals surface area contributed by atoms with Gasteiger partial charge in [0.25, 0.3) is 0 Å². The molecular formula is C14H18ClFO. The van der Waals surface area contributed by atoms with Crippen LogP contribution in [-0.2, 0) is 0 Å². The van der Waals surface area contributed by atoms with Crippen molar-refractivity contribution in [2.24, 2.45) is 11.8 Å². The summed E-state index contributed by atoms with van der Waals surface area (Å²) in [5.41, 5.74) is 1.21. The van der Waals surface area contributed by atoms with Gasteiger partial charge in [-0.25, -0.2) is 4.39 Å². The molecule has 0 bridgehead atoms. The number of rotatable bonds is 2. The van der Waals surface area contributed by atoms with Gasteiger partial charge in [0.15, 0.2) is 0 Å². The maximum atomic E-state index is 13.3. The first-order valence-corrected chi connectivity index (χ1v) is 6.52. The summed E-state index contributed by atoms with van der Waals surface area (Å²) in [6.07, 6.45) is 2.76. The molecule has 1 aliphatic carbocycles. The summed E-state index contributed by atoms with van der Waals surface area (Å²) >= 11 is 6.02. The average molecular weight is 257 g/mol. The highest BCUT2D eigenvalue weighted by molar-refractivity contribution is 6.31. The number of hydrogen-bond donors (Lipinski definition) is 1. The lowest BCUT2D eigenvalue weighted by Gasteiger charge is -2.23. The fourth-order valence-electron chi connectivity index (χ4n) is 2.78. The normalized spacial score (nSPS) is 26.2. The van der Waals surface area contributed by atoms with Crippen LogP contribution in [0.2, 0.25) is 5.02 Å². The molecule has 1 N–H and O–H groups in total. The highest BCUT2D eigenvalue weighted by Crippen LogP contribution is 2.42. The molecule has 0 aliphatic heterocycles. The monoisotopic (exact) mass is 256 g/mol. The first-order valence-electron chi connectivity index (χ1n) is 6.14. The first kappa shape index (κ1) is 12.8. The topological polar surface area (TPSA) is 20.2 Å². The second-order valence-electron chi connectivity index (χ2n) is 5.14. The van der Waals surface area contributed by atoms with Crippen molar-refractivity contribution in [1.82, 2.24) is 0 Å². The zero-order valence-electron chi connectivity index (χ0n) is 10.2. The third kappa shape index (κ3) is 2.48. The van der Waals surface area contributed by atoms with E-state index in [1.807, 2.05) is 0 Å². The zero-order valence-corrected chi connectivity index (χ0v) is 11.0. The van der Waals surface area contributed by atoms with Crippen molar-refractivity contribution < 1.29 is 9.50 Å². The Morgan fingerprint density at radius 3 is 2.71 bits per heavy atom. The predicted octanol–water partition coefficient (Wildman–Crippen LogP) is 4.26. The molecule has 0 amide bonds. The molecule has 17 heavy (non-hydrogen) atoms. The van der Waals surface area contributed by atoms with E-state index < -0.39 is 6.10 Å². The molecule has 1 fully saturated rings. The Kier molecular flexibility index (Phi) is 3.74. The maximum Gasteiger partial charge on any atom is 0.127 e. The molecule has 3 unspecified atom stereocenters. The number of halogens is 2. The number of aliphatic hydroxyl groups is 1. The second-order valence-corrected chi connectivity index (χ2v) is 5.55. The smallest absolute Gasteiger partial charge is 0.127 e. The maximum absolute atomic E-state index is 13.3.